The van der Waals surface area contributed by atoms with Crippen LogP contribution in [0.3, 0.4) is 0 Å². The minimum absolute atomic E-state index is 0.198. The third-order valence-corrected chi connectivity index (χ3v) is 5.67. The van der Waals surface area contributed by atoms with Gasteiger partial charge in [0, 0.05) is 24.2 Å². The summed E-state index contributed by atoms with van der Waals surface area (Å²) in [4.78, 5) is 2.51. The van der Waals surface area contributed by atoms with Gasteiger partial charge in [0.1, 0.15) is 0 Å². The van der Waals surface area contributed by atoms with E-state index >= 15 is 0 Å². The van der Waals surface area contributed by atoms with E-state index in [9.17, 15) is 8.42 Å². The van der Waals surface area contributed by atoms with Gasteiger partial charge >= 0.3 is 0 Å². The van der Waals surface area contributed by atoms with Crippen LogP contribution in [0.4, 0.5) is 0 Å². The predicted octanol–water partition coefficient (Wildman–Crippen LogP) is 1.56. The van der Waals surface area contributed by atoms with Gasteiger partial charge in [-0.2, -0.15) is 0 Å². The van der Waals surface area contributed by atoms with Crippen LogP contribution < -0.4 is 10.5 Å². The molecule has 0 spiro atoms. The molecule has 1 aliphatic rings. The van der Waals surface area contributed by atoms with Gasteiger partial charge in [-0.15, -0.1) is 0 Å². The van der Waals surface area contributed by atoms with Crippen molar-refractivity contribution in [2.45, 2.75) is 37.2 Å². The molecule has 1 heterocycles. The fraction of sp³-hybridized carbons (Fsp3) is 0.571. The zero-order valence-electron chi connectivity index (χ0n) is 12.2. The van der Waals surface area contributed by atoms with Crippen LogP contribution in [0.5, 0.6) is 0 Å². The highest BCUT2D eigenvalue weighted by molar-refractivity contribution is 7.89. The molecule has 0 bridgehead atoms. The Kier molecular flexibility index (Phi) is 5.62. The number of rotatable bonds is 6. The summed E-state index contributed by atoms with van der Waals surface area (Å²) >= 11 is 5.96. The zero-order chi connectivity index (χ0) is 15.5. The highest BCUT2D eigenvalue weighted by Crippen LogP contribution is 2.20. The largest absolute Gasteiger partial charge is 0.326 e. The van der Waals surface area contributed by atoms with Crippen molar-refractivity contribution in [3.63, 3.8) is 0 Å². The standard InChI is InChI=1S/C14H22ClN3O2S/c1-11(18-6-2-3-7-18)10-17-21(19,20)13-4-5-14(15)12(8-13)9-16/h4-5,8,11,17H,2-3,6-7,9-10,16H2,1H3. The number of nitrogens with two attached hydrogens (primary N) is 1. The van der Waals surface area contributed by atoms with Gasteiger partial charge in [0.15, 0.2) is 0 Å². The molecular weight excluding hydrogens is 310 g/mol. The van der Waals surface area contributed by atoms with E-state index in [0.29, 0.717) is 17.1 Å². The number of benzene rings is 1. The number of halogens is 1. The molecule has 7 heteroatoms. The number of hydrogen-bond acceptors (Lipinski definition) is 4. The van der Waals surface area contributed by atoms with Gasteiger partial charge in [0.25, 0.3) is 0 Å². The molecule has 0 amide bonds. The molecule has 1 aromatic rings. The average Bonchev–Trinajstić information content (AvgIpc) is 2.99. The maximum atomic E-state index is 12.3. The van der Waals surface area contributed by atoms with Crippen LogP contribution in [0.15, 0.2) is 23.1 Å². The van der Waals surface area contributed by atoms with Crippen molar-refractivity contribution in [1.29, 1.82) is 0 Å². The molecule has 1 unspecified atom stereocenters. The quantitative estimate of drug-likeness (QED) is 0.829. The first-order chi connectivity index (χ1) is 9.94. The summed E-state index contributed by atoms with van der Waals surface area (Å²) in [5.41, 5.74) is 6.19. The predicted molar refractivity (Wildman–Crippen MR) is 84.8 cm³/mol. The average molecular weight is 332 g/mol. The van der Waals surface area contributed by atoms with Crippen LogP contribution in [0.25, 0.3) is 0 Å². The van der Waals surface area contributed by atoms with Crippen molar-refractivity contribution in [2.24, 2.45) is 5.73 Å². The molecule has 21 heavy (non-hydrogen) atoms. The smallest absolute Gasteiger partial charge is 0.240 e. The summed E-state index contributed by atoms with van der Waals surface area (Å²) in [6, 6.07) is 4.81. The molecule has 0 aliphatic carbocycles. The van der Waals surface area contributed by atoms with Crippen molar-refractivity contribution in [1.82, 2.24) is 9.62 Å². The maximum absolute atomic E-state index is 12.3. The summed E-state index contributed by atoms with van der Waals surface area (Å²) in [6.07, 6.45) is 2.38. The normalized spacial score (nSPS) is 18.0. The Hall–Kier alpha value is -0.660. The van der Waals surface area contributed by atoms with E-state index in [0.717, 1.165) is 13.1 Å². The van der Waals surface area contributed by atoms with Gasteiger partial charge in [-0.3, -0.25) is 4.90 Å². The fourth-order valence-electron chi connectivity index (χ4n) is 2.50. The van der Waals surface area contributed by atoms with Gasteiger partial charge in [-0.05, 0) is 56.6 Å². The maximum Gasteiger partial charge on any atom is 0.240 e. The van der Waals surface area contributed by atoms with Crippen LogP contribution in [-0.4, -0.2) is 39.0 Å². The van der Waals surface area contributed by atoms with Gasteiger partial charge in [-0.1, -0.05) is 11.6 Å². The lowest BCUT2D eigenvalue weighted by Crippen LogP contribution is -2.40. The van der Waals surface area contributed by atoms with E-state index in [2.05, 4.69) is 9.62 Å². The van der Waals surface area contributed by atoms with Crippen LogP contribution in [0, 0.1) is 0 Å². The summed E-state index contributed by atoms with van der Waals surface area (Å²) in [5, 5.41) is 0.488. The lowest BCUT2D eigenvalue weighted by atomic mass is 10.2. The molecule has 2 rings (SSSR count). The first-order valence-electron chi connectivity index (χ1n) is 7.16. The lowest BCUT2D eigenvalue weighted by Gasteiger charge is -2.23. The first-order valence-corrected chi connectivity index (χ1v) is 9.02. The highest BCUT2D eigenvalue weighted by atomic mass is 35.5. The number of likely N-dealkylation sites (tertiary alicyclic amines) is 1. The second-order valence-electron chi connectivity index (χ2n) is 5.40. The second-order valence-corrected chi connectivity index (χ2v) is 7.58. The van der Waals surface area contributed by atoms with Crippen LogP contribution in [0.2, 0.25) is 5.02 Å². The number of nitrogens with one attached hydrogen (secondary N) is 1. The van der Waals surface area contributed by atoms with E-state index < -0.39 is 10.0 Å². The molecule has 1 atom stereocenters. The SMILES string of the molecule is CC(CNS(=O)(=O)c1ccc(Cl)c(CN)c1)N1CCCC1. The van der Waals surface area contributed by atoms with Crippen molar-refractivity contribution in [2.75, 3.05) is 19.6 Å². The van der Waals surface area contributed by atoms with Gasteiger partial charge in [0.2, 0.25) is 10.0 Å². The van der Waals surface area contributed by atoms with E-state index in [-0.39, 0.29) is 17.5 Å². The number of sulfonamides is 1. The van der Waals surface area contributed by atoms with Crippen molar-refractivity contribution >= 4 is 21.6 Å². The Balaban J connectivity index is 2.04. The van der Waals surface area contributed by atoms with E-state index in [1.807, 2.05) is 6.92 Å². The molecular formula is C14H22ClN3O2S. The number of nitrogens with zero attached hydrogens (tertiary/aromatic N) is 1. The number of hydrogen-bond donors (Lipinski definition) is 2. The topological polar surface area (TPSA) is 75.4 Å². The molecule has 1 aliphatic heterocycles. The summed E-state index contributed by atoms with van der Waals surface area (Å²) in [7, 11) is -3.53. The third kappa shape index (κ3) is 4.17. The summed E-state index contributed by atoms with van der Waals surface area (Å²) < 4.78 is 27.3. The third-order valence-electron chi connectivity index (χ3n) is 3.88. The fourth-order valence-corrected chi connectivity index (χ4v) is 3.87. The minimum Gasteiger partial charge on any atom is -0.326 e. The van der Waals surface area contributed by atoms with Gasteiger partial charge in [0.05, 0.1) is 4.90 Å². The molecule has 1 fully saturated rings. The first kappa shape index (κ1) is 16.7. The lowest BCUT2D eigenvalue weighted by molar-refractivity contribution is 0.260. The molecule has 0 saturated carbocycles. The minimum atomic E-state index is -3.53. The second kappa shape index (κ2) is 7.07. The molecule has 3 N–H and O–H groups in total. The highest BCUT2D eigenvalue weighted by Gasteiger charge is 2.21. The Morgan fingerprint density at radius 3 is 2.67 bits per heavy atom. The molecule has 1 saturated heterocycles. The Morgan fingerprint density at radius 2 is 2.05 bits per heavy atom. The van der Waals surface area contributed by atoms with Crippen molar-refractivity contribution in [3.05, 3.63) is 28.8 Å². The summed E-state index contributed by atoms with van der Waals surface area (Å²) in [5.74, 6) is 0. The van der Waals surface area contributed by atoms with Gasteiger partial charge in [-0.25, -0.2) is 13.1 Å². The Morgan fingerprint density at radius 1 is 1.38 bits per heavy atom. The van der Waals surface area contributed by atoms with E-state index in [1.54, 1.807) is 6.07 Å². The molecule has 1 aromatic carbocycles. The van der Waals surface area contributed by atoms with E-state index in [1.165, 1.54) is 25.0 Å². The van der Waals surface area contributed by atoms with E-state index in [4.69, 9.17) is 17.3 Å². The zero-order valence-corrected chi connectivity index (χ0v) is 13.8. The van der Waals surface area contributed by atoms with Gasteiger partial charge < -0.3 is 5.73 Å². The Labute approximate surface area is 131 Å². The monoisotopic (exact) mass is 331 g/mol. The summed E-state index contributed by atoms with van der Waals surface area (Å²) in [6.45, 7) is 4.75. The Bertz CT molecular complexity index is 586. The molecule has 5 nitrogen and oxygen atoms in total. The van der Waals surface area contributed by atoms with Crippen molar-refractivity contribution < 1.29 is 8.42 Å². The van der Waals surface area contributed by atoms with Crippen LogP contribution >= 0.6 is 11.6 Å². The molecule has 0 aromatic heterocycles. The molecule has 118 valence electrons. The van der Waals surface area contributed by atoms with Crippen LogP contribution in [-0.2, 0) is 16.6 Å². The van der Waals surface area contributed by atoms with Crippen LogP contribution in [0.1, 0.15) is 25.3 Å². The van der Waals surface area contributed by atoms with Crippen molar-refractivity contribution in [3.8, 4) is 0 Å². The molecule has 0 radical (unpaired) electrons.